The zero-order valence-electron chi connectivity index (χ0n) is 10.6. The molecule has 2 rings (SSSR count). The summed E-state index contributed by atoms with van der Waals surface area (Å²) < 4.78 is 39.3. The van der Waals surface area contributed by atoms with Gasteiger partial charge in [0.2, 0.25) is 0 Å². The molecular weight excluding hydrogens is 277 g/mol. The topological polar surface area (TPSA) is 42.7 Å². The fraction of sp³-hybridized carbons (Fsp3) is 0.455. The lowest BCUT2D eigenvalue weighted by Gasteiger charge is -2.12. The first kappa shape index (κ1) is 14.0. The van der Waals surface area contributed by atoms with Crippen LogP contribution in [0.1, 0.15) is 27.2 Å². The summed E-state index contributed by atoms with van der Waals surface area (Å²) in [6, 6.07) is -0.331. The minimum absolute atomic E-state index is 0.331. The molecule has 2 aromatic heterocycles. The van der Waals surface area contributed by atoms with Gasteiger partial charge in [0.15, 0.2) is 5.01 Å². The molecule has 0 bridgehead atoms. The van der Waals surface area contributed by atoms with Crippen LogP contribution >= 0.6 is 11.3 Å². The number of hydrogen-bond acceptors (Lipinski definition) is 4. The van der Waals surface area contributed by atoms with Crippen molar-refractivity contribution in [3.8, 4) is 0 Å². The highest BCUT2D eigenvalue weighted by atomic mass is 32.1. The van der Waals surface area contributed by atoms with E-state index >= 15 is 0 Å². The predicted molar refractivity (Wildman–Crippen MR) is 66.0 cm³/mol. The normalized spacial score (nSPS) is 13.8. The van der Waals surface area contributed by atoms with Gasteiger partial charge in [-0.3, -0.25) is 4.68 Å². The van der Waals surface area contributed by atoms with Crippen LogP contribution in [0.4, 0.5) is 13.2 Å². The molecule has 0 radical (unpaired) electrons. The van der Waals surface area contributed by atoms with Crippen molar-refractivity contribution in [3.05, 3.63) is 33.5 Å². The van der Waals surface area contributed by atoms with Gasteiger partial charge in [0.25, 0.3) is 0 Å². The fourth-order valence-electron chi connectivity index (χ4n) is 1.90. The highest BCUT2D eigenvalue weighted by Gasteiger charge is 2.35. The Hall–Kier alpha value is -1.41. The van der Waals surface area contributed by atoms with E-state index in [1.54, 1.807) is 25.0 Å². The first-order valence-corrected chi connectivity index (χ1v) is 6.35. The van der Waals surface area contributed by atoms with Gasteiger partial charge in [0.05, 0.1) is 11.7 Å². The molecule has 19 heavy (non-hydrogen) atoms. The molecule has 2 aromatic rings. The van der Waals surface area contributed by atoms with Crippen LogP contribution in [0.5, 0.6) is 0 Å². The van der Waals surface area contributed by atoms with Gasteiger partial charge in [-0.05, 0) is 14.0 Å². The van der Waals surface area contributed by atoms with Gasteiger partial charge < -0.3 is 5.32 Å². The zero-order valence-corrected chi connectivity index (χ0v) is 11.4. The molecule has 0 amide bonds. The SMILES string of the molecule is CNC(c1cnc(C(F)(F)F)s1)c1cn(C)nc1C. The average molecular weight is 290 g/mol. The standard InChI is InChI=1S/C11H13F3N4S/c1-6-7(5-18(3)17-6)9(15-2)8-4-16-10(19-8)11(12,13)14/h4-5,9,15H,1-3H3. The molecule has 4 nitrogen and oxygen atoms in total. The second kappa shape index (κ2) is 4.93. The van der Waals surface area contributed by atoms with E-state index < -0.39 is 11.2 Å². The van der Waals surface area contributed by atoms with Gasteiger partial charge in [-0.2, -0.15) is 18.3 Å². The summed E-state index contributed by atoms with van der Waals surface area (Å²) in [6.07, 6.45) is -1.34. The summed E-state index contributed by atoms with van der Waals surface area (Å²) in [5.74, 6) is 0. The number of hydrogen-bond donors (Lipinski definition) is 1. The monoisotopic (exact) mass is 290 g/mol. The summed E-state index contributed by atoms with van der Waals surface area (Å²) in [5.41, 5.74) is 1.63. The van der Waals surface area contributed by atoms with Crippen molar-refractivity contribution < 1.29 is 13.2 Å². The Bertz CT molecular complexity index is 573. The van der Waals surface area contributed by atoms with E-state index in [9.17, 15) is 13.2 Å². The van der Waals surface area contributed by atoms with Crippen LogP contribution in [0, 0.1) is 6.92 Å². The Morgan fingerprint density at radius 2 is 2.11 bits per heavy atom. The van der Waals surface area contributed by atoms with Crippen molar-refractivity contribution in [2.24, 2.45) is 7.05 Å². The molecule has 1 N–H and O–H groups in total. The molecule has 1 atom stereocenters. The van der Waals surface area contributed by atoms with E-state index in [0.29, 0.717) is 16.2 Å². The molecule has 0 aliphatic rings. The maximum absolute atomic E-state index is 12.6. The Morgan fingerprint density at radius 3 is 2.53 bits per heavy atom. The molecule has 1 unspecified atom stereocenters. The largest absolute Gasteiger partial charge is 0.443 e. The molecule has 8 heteroatoms. The molecule has 104 valence electrons. The second-order valence-electron chi connectivity index (χ2n) is 4.13. The van der Waals surface area contributed by atoms with Crippen LogP contribution in [-0.4, -0.2) is 21.8 Å². The van der Waals surface area contributed by atoms with Crippen molar-refractivity contribution in [1.29, 1.82) is 0 Å². The summed E-state index contributed by atoms with van der Waals surface area (Å²) >= 11 is 0.650. The Balaban J connectivity index is 2.38. The van der Waals surface area contributed by atoms with Gasteiger partial charge in [-0.15, -0.1) is 11.3 Å². The average Bonchev–Trinajstić information content (AvgIpc) is 2.87. The number of halogens is 3. The molecule has 0 saturated heterocycles. The quantitative estimate of drug-likeness (QED) is 0.944. The van der Waals surface area contributed by atoms with Crippen molar-refractivity contribution in [2.75, 3.05) is 7.05 Å². The number of nitrogens with zero attached hydrogens (tertiary/aromatic N) is 3. The summed E-state index contributed by atoms with van der Waals surface area (Å²) in [5, 5.41) is 6.37. The smallest absolute Gasteiger partial charge is 0.309 e. The molecular formula is C11H13F3N4S. The number of rotatable bonds is 3. The first-order valence-electron chi connectivity index (χ1n) is 5.53. The summed E-state index contributed by atoms with van der Waals surface area (Å²) in [4.78, 5) is 3.96. The number of aromatic nitrogens is 3. The van der Waals surface area contributed by atoms with Crippen molar-refractivity contribution in [3.63, 3.8) is 0 Å². The fourth-order valence-corrected chi connectivity index (χ4v) is 2.82. The van der Waals surface area contributed by atoms with Crippen LogP contribution in [0.3, 0.4) is 0 Å². The second-order valence-corrected chi connectivity index (χ2v) is 5.19. The Morgan fingerprint density at radius 1 is 1.42 bits per heavy atom. The lowest BCUT2D eigenvalue weighted by Crippen LogP contribution is -2.16. The van der Waals surface area contributed by atoms with Gasteiger partial charge in [0.1, 0.15) is 0 Å². The molecule has 2 heterocycles. The minimum atomic E-state index is -4.40. The number of nitrogens with one attached hydrogen (secondary N) is 1. The van der Waals surface area contributed by atoms with E-state index in [-0.39, 0.29) is 6.04 Å². The van der Waals surface area contributed by atoms with Gasteiger partial charge in [-0.25, -0.2) is 4.98 Å². The van der Waals surface area contributed by atoms with Crippen LogP contribution in [0.2, 0.25) is 0 Å². The summed E-state index contributed by atoms with van der Waals surface area (Å²) in [7, 11) is 3.47. The van der Waals surface area contributed by atoms with E-state index in [2.05, 4.69) is 15.4 Å². The predicted octanol–water partition coefficient (Wildman–Crippen LogP) is 2.51. The van der Waals surface area contributed by atoms with Gasteiger partial charge in [0, 0.05) is 29.9 Å². The Labute approximate surface area is 112 Å². The first-order chi connectivity index (χ1) is 8.82. The van der Waals surface area contributed by atoms with Crippen molar-refractivity contribution >= 4 is 11.3 Å². The van der Waals surface area contributed by atoms with E-state index in [1.807, 2.05) is 6.92 Å². The molecule has 0 fully saturated rings. The van der Waals surface area contributed by atoms with E-state index in [4.69, 9.17) is 0 Å². The molecule has 0 aliphatic carbocycles. The Kier molecular flexibility index (Phi) is 3.64. The number of thiazole rings is 1. The molecule has 0 saturated carbocycles. The lowest BCUT2D eigenvalue weighted by atomic mass is 10.1. The van der Waals surface area contributed by atoms with E-state index in [1.165, 1.54) is 6.20 Å². The van der Waals surface area contributed by atoms with Crippen LogP contribution < -0.4 is 5.32 Å². The molecule has 0 aliphatic heterocycles. The van der Waals surface area contributed by atoms with Crippen molar-refractivity contribution in [1.82, 2.24) is 20.1 Å². The zero-order chi connectivity index (χ0) is 14.2. The van der Waals surface area contributed by atoms with E-state index in [0.717, 1.165) is 11.3 Å². The molecule has 0 spiro atoms. The van der Waals surface area contributed by atoms with Crippen LogP contribution in [-0.2, 0) is 13.2 Å². The number of aryl methyl sites for hydroxylation is 2. The highest BCUT2D eigenvalue weighted by Crippen LogP contribution is 2.36. The minimum Gasteiger partial charge on any atom is -0.309 e. The third-order valence-electron chi connectivity index (χ3n) is 2.70. The third-order valence-corrected chi connectivity index (χ3v) is 3.81. The molecule has 0 aromatic carbocycles. The van der Waals surface area contributed by atoms with Crippen molar-refractivity contribution in [2.45, 2.75) is 19.1 Å². The highest BCUT2D eigenvalue weighted by molar-refractivity contribution is 7.11. The van der Waals surface area contributed by atoms with Crippen LogP contribution in [0.15, 0.2) is 12.4 Å². The third kappa shape index (κ3) is 2.79. The number of alkyl halides is 3. The summed E-state index contributed by atoms with van der Waals surface area (Å²) in [6.45, 7) is 1.82. The van der Waals surface area contributed by atoms with Gasteiger partial charge >= 0.3 is 6.18 Å². The van der Waals surface area contributed by atoms with Gasteiger partial charge in [-0.1, -0.05) is 0 Å². The van der Waals surface area contributed by atoms with Crippen LogP contribution in [0.25, 0.3) is 0 Å². The lowest BCUT2D eigenvalue weighted by molar-refractivity contribution is -0.137. The maximum atomic E-state index is 12.6. The maximum Gasteiger partial charge on any atom is 0.443 e.